The van der Waals surface area contributed by atoms with E-state index in [1.165, 1.54) is 18.1 Å². The first-order valence-electron chi connectivity index (χ1n) is 5.80. The van der Waals surface area contributed by atoms with Gasteiger partial charge in [0, 0.05) is 10.9 Å². The number of fused-ring (bicyclic) bond motifs is 3. The van der Waals surface area contributed by atoms with Gasteiger partial charge in [-0.1, -0.05) is 24.3 Å². The normalized spacial score (nSPS) is 11.0. The Labute approximate surface area is 104 Å². The van der Waals surface area contributed by atoms with Crippen molar-refractivity contribution in [3.63, 3.8) is 0 Å². The number of aromatic nitrogens is 1. The van der Waals surface area contributed by atoms with Gasteiger partial charge in [0.25, 0.3) is 0 Å². The molecule has 0 unspecified atom stereocenters. The minimum Gasteiger partial charge on any atom is -0.464 e. The molecule has 0 aliphatic rings. The maximum Gasteiger partial charge on any atom is 0.354 e. The lowest BCUT2D eigenvalue weighted by molar-refractivity contribution is 0.0595. The minimum atomic E-state index is -0.340. The van der Waals surface area contributed by atoms with E-state index in [-0.39, 0.29) is 5.97 Å². The fourth-order valence-corrected chi connectivity index (χ4v) is 2.38. The van der Waals surface area contributed by atoms with Gasteiger partial charge in [-0.15, -0.1) is 0 Å². The lowest BCUT2D eigenvalue weighted by Gasteiger charge is -2.03. The Balaban J connectivity index is 2.40. The predicted octanol–water partition coefficient (Wildman–Crippen LogP) is 3.42. The zero-order valence-electron chi connectivity index (χ0n) is 10.3. The third-order valence-corrected chi connectivity index (χ3v) is 3.26. The SMILES string of the molecule is COC(=O)c1cc2c(cc(C)c3ccccc32)[nH]1. The van der Waals surface area contributed by atoms with Gasteiger partial charge in [-0.05, 0) is 35.4 Å². The molecule has 0 aliphatic carbocycles. The molecule has 18 heavy (non-hydrogen) atoms. The molecule has 0 radical (unpaired) electrons. The van der Waals surface area contributed by atoms with E-state index in [1.54, 1.807) is 0 Å². The number of rotatable bonds is 1. The molecule has 2 aromatic carbocycles. The molecule has 0 amide bonds. The van der Waals surface area contributed by atoms with Crippen LogP contribution in [0.5, 0.6) is 0 Å². The van der Waals surface area contributed by atoms with Crippen LogP contribution in [0.3, 0.4) is 0 Å². The number of ether oxygens (including phenoxy) is 1. The lowest BCUT2D eigenvalue weighted by Crippen LogP contribution is -2.00. The summed E-state index contributed by atoms with van der Waals surface area (Å²) >= 11 is 0. The second-order valence-corrected chi connectivity index (χ2v) is 4.37. The lowest BCUT2D eigenvalue weighted by atomic mass is 10.0. The quantitative estimate of drug-likeness (QED) is 0.661. The van der Waals surface area contributed by atoms with Crippen LogP contribution >= 0.6 is 0 Å². The summed E-state index contributed by atoms with van der Waals surface area (Å²) in [6.07, 6.45) is 0. The fourth-order valence-electron chi connectivity index (χ4n) is 2.38. The number of hydrogen-bond acceptors (Lipinski definition) is 2. The van der Waals surface area contributed by atoms with Crippen molar-refractivity contribution in [1.82, 2.24) is 4.98 Å². The maximum atomic E-state index is 11.6. The smallest absolute Gasteiger partial charge is 0.354 e. The number of aryl methyl sites for hydroxylation is 1. The first-order valence-corrected chi connectivity index (χ1v) is 5.80. The topological polar surface area (TPSA) is 42.1 Å². The molecule has 3 rings (SSSR count). The van der Waals surface area contributed by atoms with E-state index in [0.717, 1.165) is 16.3 Å². The van der Waals surface area contributed by atoms with Gasteiger partial charge in [0.2, 0.25) is 0 Å². The molecular weight excluding hydrogens is 226 g/mol. The standard InChI is InChI=1S/C15H13NO2/c1-9-7-13-12(8-14(16-13)15(17)18-2)11-6-4-3-5-10(9)11/h3-8,16H,1-2H3. The third-order valence-electron chi connectivity index (χ3n) is 3.26. The van der Waals surface area contributed by atoms with Gasteiger partial charge in [-0.2, -0.15) is 0 Å². The van der Waals surface area contributed by atoms with Crippen LogP contribution in [0.1, 0.15) is 16.1 Å². The van der Waals surface area contributed by atoms with Gasteiger partial charge < -0.3 is 9.72 Å². The van der Waals surface area contributed by atoms with Crippen LogP contribution in [0, 0.1) is 6.92 Å². The Bertz CT molecular complexity index is 756. The number of carbonyl (C=O) groups excluding carboxylic acids is 1. The van der Waals surface area contributed by atoms with Gasteiger partial charge in [0.05, 0.1) is 7.11 Å². The van der Waals surface area contributed by atoms with Crippen molar-refractivity contribution in [3.8, 4) is 0 Å². The molecule has 0 saturated heterocycles. The summed E-state index contributed by atoms with van der Waals surface area (Å²) in [6, 6.07) is 12.1. The number of hydrogen-bond donors (Lipinski definition) is 1. The molecule has 0 saturated carbocycles. The first-order chi connectivity index (χ1) is 8.70. The zero-order valence-corrected chi connectivity index (χ0v) is 10.3. The van der Waals surface area contributed by atoms with E-state index < -0.39 is 0 Å². The van der Waals surface area contributed by atoms with Gasteiger partial charge in [-0.25, -0.2) is 4.79 Å². The minimum absolute atomic E-state index is 0.340. The highest BCUT2D eigenvalue weighted by Crippen LogP contribution is 2.28. The highest BCUT2D eigenvalue weighted by atomic mass is 16.5. The average Bonchev–Trinajstić information content (AvgIpc) is 2.82. The monoisotopic (exact) mass is 239 g/mol. The van der Waals surface area contributed by atoms with Crippen LogP contribution in [-0.2, 0) is 4.74 Å². The molecule has 3 heteroatoms. The van der Waals surface area contributed by atoms with E-state index in [2.05, 4.69) is 30.1 Å². The van der Waals surface area contributed by atoms with Crippen molar-refractivity contribution >= 4 is 27.6 Å². The number of benzene rings is 2. The van der Waals surface area contributed by atoms with Crippen molar-refractivity contribution in [1.29, 1.82) is 0 Å². The van der Waals surface area contributed by atoms with Crippen molar-refractivity contribution in [2.24, 2.45) is 0 Å². The van der Waals surface area contributed by atoms with Crippen LogP contribution in [0.15, 0.2) is 36.4 Å². The van der Waals surface area contributed by atoms with Crippen LogP contribution in [0.25, 0.3) is 21.7 Å². The summed E-state index contributed by atoms with van der Waals surface area (Å²) in [7, 11) is 1.39. The van der Waals surface area contributed by atoms with Crippen LogP contribution in [0.4, 0.5) is 0 Å². The molecule has 1 N–H and O–H groups in total. The zero-order chi connectivity index (χ0) is 12.7. The van der Waals surface area contributed by atoms with Crippen LogP contribution < -0.4 is 0 Å². The van der Waals surface area contributed by atoms with E-state index in [1.807, 2.05) is 18.2 Å². The number of carbonyl (C=O) groups is 1. The van der Waals surface area contributed by atoms with E-state index in [0.29, 0.717) is 5.69 Å². The molecule has 3 aromatic rings. The van der Waals surface area contributed by atoms with Crippen molar-refractivity contribution in [2.45, 2.75) is 6.92 Å². The first kappa shape index (κ1) is 10.8. The second kappa shape index (κ2) is 3.88. The van der Waals surface area contributed by atoms with Crippen molar-refractivity contribution in [2.75, 3.05) is 7.11 Å². The summed E-state index contributed by atoms with van der Waals surface area (Å²) in [4.78, 5) is 14.7. The molecule has 0 aliphatic heterocycles. The van der Waals surface area contributed by atoms with Gasteiger partial charge in [-0.3, -0.25) is 0 Å². The molecule has 90 valence electrons. The number of H-pyrrole nitrogens is 1. The summed E-state index contributed by atoms with van der Waals surface area (Å²) < 4.78 is 4.74. The van der Waals surface area contributed by atoms with Gasteiger partial charge in [0.15, 0.2) is 0 Å². The number of aromatic amines is 1. The second-order valence-electron chi connectivity index (χ2n) is 4.37. The molecule has 0 bridgehead atoms. The molecular formula is C15H13NO2. The molecule has 3 nitrogen and oxygen atoms in total. The van der Waals surface area contributed by atoms with E-state index >= 15 is 0 Å². The van der Waals surface area contributed by atoms with Crippen molar-refractivity contribution in [3.05, 3.63) is 47.7 Å². The maximum absolute atomic E-state index is 11.6. The van der Waals surface area contributed by atoms with Crippen molar-refractivity contribution < 1.29 is 9.53 Å². The largest absolute Gasteiger partial charge is 0.464 e. The molecule has 1 aromatic heterocycles. The molecule has 1 heterocycles. The Hall–Kier alpha value is -2.29. The molecule has 0 atom stereocenters. The Morgan fingerprint density at radius 1 is 1.11 bits per heavy atom. The molecule has 0 spiro atoms. The van der Waals surface area contributed by atoms with Crippen LogP contribution in [-0.4, -0.2) is 18.1 Å². The fraction of sp³-hybridized carbons (Fsp3) is 0.133. The van der Waals surface area contributed by atoms with Gasteiger partial charge in [0.1, 0.15) is 5.69 Å². The highest BCUT2D eigenvalue weighted by molar-refractivity contribution is 6.10. The predicted molar refractivity (Wildman–Crippen MR) is 71.9 cm³/mol. The van der Waals surface area contributed by atoms with E-state index in [9.17, 15) is 4.79 Å². The number of methoxy groups -OCH3 is 1. The molecule has 0 fully saturated rings. The summed E-state index contributed by atoms with van der Waals surface area (Å²) in [5, 5.41) is 3.41. The number of nitrogens with one attached hydrogen (secondary N) is 1. The Morgan fingerprint density at radius 2 is 1.83 bits per heavy atom. The van der Waals surface area contributed by atoms with E-state index in [4.69, 9.17) is 4.74 Å². The Morgan fingerprint density at radius 3 is 2.56 bits per heavy atom. The third kappa shape index (κ3) is 1.48. The summed E-state index contributed by atoms with van der Waals surface area (Å²) in [5.74, 6) is -0.340. The van der Waals surface area contributed by atoms with Gasteiger partial charge >= 0.3 is 5.97 Å². The summed E-state index contributed by atoms with van der Waals surface area (Å²) in [6.45, 7) is 2.07. The average molecular weight is 239 g/mol. The summed E-state index contributed by atoms with van der Waals surface area (Å²) in [5.41, 5.74) is 2.64. The highest BCUT2D eigenvalue weighted by Gasteiger charge is 2.12. The van der Waals surface area contributed by atoms with Crippen LogP contribution in [0.2, 0.25) is 0 Å². The number of esters is 1. The Kier molecular flexibility index (Phi) is 2.33.